The number of allylic oxidation sites excluding steroid dienone is 2. The van der Waals surface area contributed by atoms with Gasteiger partial charge >= 0.3 is 0 Å². The largest absolute Gasteiger partial charge is 0.294 e. The van der Waals surface area contributed by atoms with Gasteiger partial charge in [0, 0.05) is 22.6 Å². The van der Waals surface area contributed by atoms with Gasteiger partial charge in [-0.15, -0.1) is 11.3 Å². The molecule has 0 radical (unpaired) electrons. The maximum Gasteiger partial charge on any atom is 0.184 e. The number of hydrogen-bond donors (Lipinski definition) is 0. The third-order valence-electron chi connectivity index (χ3n) is 3.80. The summed E-state index contributed by atoms with van der Waals surface area (Å²) >= 11 is 1.20. The summed E-state index contributed by atoms with van der Waals surface area (Å²) in [4.78, 5) is 13.3. The van der Waals surface area contributed by atoms with Crippen molar-refractivity contribution in [2.24, 2.45) is 11.8 Å². The maximum absolute atomic E-state index is 12.5. The van der Waals surface area contributed by atoms with Crippen molar-refractivity contribution in [2.45, 2.75) is 43.7 Å². The lowest BCUT2D eigenvalue weighted by atomic mass is 9.95. The monoisotopic (exact) mass is 326 g/mol. The highest BCUT2D eigenvalue weighted by atomic mass is 32.2. The summed E-state index contributed by atoms with van der Waals surface area (Å²) < 4.78 is 23.6. The average Bonchev–Trinajstić information content (AvgIpc) is 3.05. The molecular weight excluding hydrogens is 304 g/mol. The second kappa shape index (κ2) is 6.44. The number of ketones is 1. The Balaban J connectivity index is 2.39. The standard InChI is InChI=1S/C16H22O3S2/c1-11(2)16(17)13(10-12-6-4-5-7-12)14-8-9-15(20-14)21(3,18)19/h8-12H,4-7H2,1-3H3/b13-10+. The molecule has 5 heteroatoms. The van der Waals surface area contributed by atoms with Crippen molar-refractivity contribution in [3.63, 3.8) is 0 Å². The minimum Gasteiger partial charge on any atom is -0.294 e. The topological polar surface area (TPSA) is 51.2 Å². The van der Waals surface area contributed by atoms with Crippen molar-refractivity contribution in [1.82, 2.24) is 0 Å². The summed E-state index contributed by atoms with van der Waals surface area (Å²) in [5.74, 6) is 0.469. The van der Waals surface area contributed by atoms with Crippen LogP contribution in [-0.2, 0) is 14.6 Å². The van der Waals surface area contributed by atoms with Crippen LogP contribution in [0.4, 0.5) is 0 Å². The van der Waals surface area contributed by atoms with Crippen molar-refractivity contribution >= 4 is 32.5 Å². The van der Waals surface area contributed by atoms with Crippen molar-refractivity contribution in [1.29, 1.82) is 0 Å². The van der Waals surface area contributed by atoms with E-state index < -0.39 is 9.84 Å². The van der Waals surface area contributed by atoms with Crippen LogP contribution in [0.15, 0.2) is 22.4 Å². The Kier molecular flexibility index (Phi) is 5.04. The van der Waals surface area contributed by atoms with Crippen molar-refractivity contribution < 1.29 is 13.2 Å². The maximum atomic E-state index is 12.5. The molecule has 21 heavy (non-hydrogen) atoms. The van der Waals surface area contributed by atoms with Crippen LogP contribution in [0, 0.1) is 11.8 Å². The van der Waals surface area contributed by atoms with Gasteiger partial charge in [0.2, 0.25) is 0 Å². The van der Waals surface area contributed by atoms with Crippen LogP contribution < -0.4 is 0 Å². The van der Waals surface area contributed by atoms with Gasteiger partial charge in [-0.1, -0.05) is 32.8 Å². The van der Waals surface area contributed by atoms with Crippen LogP contribution in [-0.4, -0.2) is 20.5 Å². The normalized spacial score (nSPS) is 17.6. The molecule has 116 valence electrons. The smallest absolute Gasteiger partial charge is 0.184 e. The number of sulfone groups is 1. The molecule has 0 N–H and O–H groups in total. The molecule has 0 amide bonds. The quantitative estimate of drug-likeness (QED) is 0.770. The summed E-state index contributed by atoms with van der Waals surface area (Å²) in [7, 11) is -3.21. The van der Waals surface area contributed by atoms with Gasteiger partial charge in [-0.05, 0) is 30.9 Å². The van der Waals surface area contributed by atoms with Crippen LogP contribution in [0.3, 0.4) is 0 Å². The molecule has 0 aliphatic heterocycles. The fraction of sp³-hybridized carbons (Fsp3) is 0.562. The van der Waals surface area contributed by atoms with Crippen molar-refractivity contribution in [3.8, 4) is 0 Å². The van der Waals surface area contributed by atoms with E-state index in [1.54, 1.807) is 12.1 Å². The molecule has 1 saturated carbocycles. The zero-order valence-corrected chi connectivity index (χ0v) is 14.4. The molecule has 0 atom stereocenters. The SMILES string of the molecule is CC(C)C(=O)/C(=C/C1CCCC1)c1ccc(S(C)(=O)=O)s1. The number of carbonyl (C=O) groups excluding carboxylic acids is 1. The fourth-order valence-electron chi connectivity index (χ4n) is 2.62. The Morgan fingerprint density at radius 1 is 1.29 bits per heavy atom. The predicted molar refractivity (Wildman–Crippen MR) is 87.2 cm³/mol. The third kappa shape index (κ3) is 4.04. The summed E-state index contributed by atoms with van der Waals surface area (Å²) in [6.07, 6.45) is 7.95. The van der Waals surface area contributed by atoms with E-state index in [0.717, 1.165) is 17.7 Å². The molecule has 0 aromatic carbocycles. The molecule has 0 saturated heterocycles. The molecule has 1 aromatic rings. The van der Waals surface area contributed by atoms with E-state index in [9.17, 15) is 13.2 Å². The highest BCUT2D eigenvalue weighted by molar-refractivity contribution is 7.92. The molecule has 3 nitrogen and oxygen atoms in total. The van der Waals surface area contributed by atoms with Gasteiger partial charge in [0.15, 0.2) is 15.6 Å². The van der Waals surface area contributed by atoms with Crippen LogP contribution in [0.25, 0.3) is 5.57 Å². The van der Waals surface area contributed by atoms with Gasteiger partial charge in [-0.3, -0.25) is 4.79 Å². The highest BCUT2D eigenvalue weighted by Gasteiger charge is 2.22. The van der Waals surface area contributed by atoms with Crippen LogP contribution in [0.2, 0.25) is 0 Å². The van der Waals surface area contributed by atoms with Crippen LogP contribution in [0.1, 0.15) is 44.4 Å². The van der Waals surface area contributed by atoms with Crippen molar-refractivity contribution in [2.75, 3.05) is 6.26 Å². The Morgan fingerprint density at radius 3 is 2.38 bits per heavy atom. The minimum absolute atomic E-state index is 0.0820. The van der Waals surface area contributed by atoms with Crippen molar-refractivity contribution in [3.05, 3.63) is 23.1 Å². The van der Waals surface area contributed by atoms with Gasteiger partial charge in [0.1, 0.15) is 4.21 Å². The van der Waals surface area contributed by atoms with Gasteiger partial charge in [-0.25, -0.2) is 8.42 Å². The first-order valence-corrected chi connectivity index (χ1v) is 10.1. The number of thiophene rings is 1. The van der Waals surface area contributed by atoms with Crippen LogP contribution >= 0.6 is 11.3 Å². The van der Waals surface area contributed by atoms with E-state index in [4.69, 9.17) is 0 Å². The number of hydrogen-bond acceptors (Lipinski definition) is 4. The Bertz CT molecular complexity index is 645. The highest BCUT2D eigenvalue weighted by Crippen LogP contribution is 2.34. The van der Waals surface area contributed by atoms with Crippen LogP contribution in [0.5, 0.6) is 0 Å². The lowest BCUT2D eigenvalue weighted by Gasteiger charge is -2.10. The Morgan fingerprint density at radius 2 is 1.90 bits per heavy atom. The molecule has 1 fully saturated rings. The molecular formula is C16H22O3S2. The van der Waals surface area contributed by atoms with Gasteiger partial charge < -0.3 is 0 Å². The fourth-order valence-corrected chi connectivity index (χ4v) is 4.58. The number of carbonyl (C=O) groups is 1. The summed E-state index contributed by atoms with van der Waals surface area (Å²) in [5, 5.41) is 0. The summed E-state index contributed by atoms with van der Waals surface area (Å²) in [6.45, 7) is 3.77. The first-order valence-electron chi connectivity index (χ1n) is 7.35. The Hall–Kier alpha value is -0.940. The second-order valence-electron chi connectivity index (χ2n) is 6.03. The molecule has 0 spiro atoms. The lowest BCUT2D eigenvalue weighted by Crippen LogP contribution is -2.10. The first-order chi connectivity index (χ1) is 9.79. The zero-order chi connectivity index (χ0) is 15.6. The average molecular weight is 326 g/mol. The number of rotatable bonds is 5. The second-order valence-corrected chi connectivity index (χ2v) is 9.36. The van der Waals surface area contributed by atoms with E-state index in [0.29, 0.717) is 15.7 Å². The van der Waals surface area contributed by atoms with Gasteiger partial charge in [0.25, 0.3) is 0 Å². The van der Waals surface area contributed by atoms with Gasteiger partial charge in [0.05, 0.1) is 0 Å². The summed E-state index contributed by atoms with van der Waals surface area (Å²) in [6, 6.07) is 3.37. The van der Waals surface area contributed by atoms with E-state index >= 15 is 0 Å². The molecule has 1 heterocycles. The molecule has 0 unspecified atom stereocenters. The lowest BCUT2D eigenvalue weighted by molar-refractivity contribution is -0.116. The minimum atomic E-state index is -3.21. The molecule has 0 bridgehead atoms. The van der Waals surface area contributed by atoms with E-state index in [-0.39, 0.29) is 11.7 Å². The van der Waals surface area contributed by atoms with E-state index in [1.165, 1.54) is 30.4 Å². The zero-order valence-electron chi connectivity index (χ0n) is 12.8. The molecule has 2 rings (SSSR count). The van der Waals surface area contributed by atoms with Gasteiger partial charge in [-0.2, -0.15) is 0 Å². The third-order valence-corrected chi connectivity index (χ3v) is 6.74. The first kappa shape index (κ1) is 16.4. The predicted octanol–water partition coefficient (Wildman–Crippen LogP) is 3.95. The Labute approximate surface area is 131 Å². The summed E-state index contributed by atoms with van der Waals surface area (Å²) in [5.41, 5.74) is 0.705. The number of Topliss-reactive ketones (excluding diaryl/α,β-unsaturated/α-hetero) is 1. The van der Waals surface area contributed by atoms with E-state index in [2.05, 4.69) is 6.08 Å². The van der Waals surface area contributed by atoms with E-state index in [1.807, 2.05) is 13.8 Å². The molecule has 1 aliphatic carbocycles. The molecule has 1 aliphatic rings. The molecule has 1 aromatic heterocycles.